The van der Waals surface area contributed by atoms with E-state index in [4.69, 9.17) is 14.2 Å². The highest BCUT2D eigenvalue weighted by Crippen LogP contribution is 2.29. The highest BCUT2D eigenvalue weighted by Gasteiger charge is 2.49. The van der Waals surface area contributed by atoms with Crippen LogP contribution in [-0.4, -0.2) is 53.8 Å². The molecule has 102 valence electrons. The fourth-order valence-electron chi connectivity index (χ4n) is 2.39. The molecule has 1 aromatic rings. The first-order chi connectivity index (χ1) is 9.16. The van der Waals surface area contributed by atoms with Gasteiger partial charge in [-0.25, -0.2) is 4.79 Å². The molecule has 19 heavy (non-hydrogen) atoms. The zero-order chi connectivity index (χ0) is 13.4. The summed E-state index contributed by atoms with van der Waals surface area (Å²) in [5.74, 6) is -0.757. The molecule has 6 heteroatoms. The maximum Gasteiger partial charge on any atom is 0.342 e. The van der Waals surface area contributed by atoms with E-state index in [9.17, 15) is 15.0 Å². The van der Waals surface area contributed by atoms with Crippen LogP contribution in [0, 0.1) is 0 Å². The predicted octanol–water partition coefficient (Wildman–Crippen LogP) is 0.0761. The van der Waals surface area contributed by atoms with Gasteiger partial charge in [0.25, 0.3) is 0 Å². The Morgan fingerprint density at radius 2 is 1.95 bits per heavy atom. The number of carbonyl (C=O) groups is 1. The second kappa shape index (κ2) is 4.80. The number of aliphatic hydroxyl groups excluding tert-OH is 1. The molecule has 2 fully saturated rings. The van der Waals surface area contributed by atoms with Gasteiger partial charge in [0.2, 0.25) is 0 Å². The third-order valence-corrected chi connectivity index (χ3v) is 3.36. The van der Waals surface area contributed by atoms with Crippen LogP contribution >= 0.6 is 0 Å². The third kappa shape index (κ3) is 2.18. The fraction of sp³-hybridized carbons (Fsp3) is 0.462. The van der Waals surface area contributed by atoms with E-state index >= 15 is 0 Å². The largest absolute Gasteiger partial charge is 0.507 e. The molecule has 0 amide bonds. The average Bonchev–Trinajstić information content (AvgIpc) is 2.95. The van der Waals surface area contributed by atoms with Crippen LogP contribution in [0.25, 0.3) is 0 Å². The van der Waals surface area contributed by atoms with E-state index in [1.54, 1.807) is 12.1 Å². The zero-order valence-corrected chi connectivity index (χ0v) is 10.1. The molecular weight excluding hydrogens is 252 g/mol. The lowest BCUT2D eigenvalue weighted by Gasteiger charge is -2.16. The van der Waals surface area contributed by atoms with Crippen molar-refractivity contribution < 1.29 is 29.2 Å². The lowest BCUT2D eigenvalue weighted by Crippen LogP contribution is -2.34. The van der Waals surface area contributed by atoms with Crippen LogP contribution in [0.15, 0.2) is 24.3 Å². The quantitative estimate of drug-likeness (QED) is 0.737. The van der Waals surface area contributed by atoms with E-state index in [1.807, 2.05) is 0 Å². The van der Waals surface area contributed by atoms with Gasteiger partial charge in [-0.05, 0) is 12.1 Å². The summed E-state index contributed by atoms with van der Waals surface area (Å²) < 4.78 is 16.0. The smallest absolute Gasteiger partial charge is 0.342 e. The van der Waals surface area contributed by atoms with Gasteiger partial charge in [0.1, 0.15) is 29.6 Å². The summed E-state index contributed by atoms with van der Waals surface area (Å²) in [5.41, 5.74) is 0.101. The fourth-order valence-corrected chi connectivity index (χ4v) is 2.39. The Kier molecular flexibility index (Phi) is 3.14. The van der Waals surface area contributed by atoms with Crippen molar-refractivity contribution in [1.82, 2.24) is 0 Å². The van der Waals surface area contributed by atoms with Gasteiger partial charge in [-0.15, -0.1) is 0 Å². The van der Waals surface area contributed by atoms with E-state index in [0.29, 0.717) is 0 Å². The number of ether oxygens (including phenoxy) is 3. The number of hydrogen-bond acceptors (Lipinski definition) is 6. The minimum atomic E-state index is -0.682. The molecule has 4 atom stereocenters. The number of rotatable bonds is 2. The molecule has 2 heterocycles. The molecule has 3 rings (SSSR count). The Labute approximate surface area is 109 Å². The number of fused-ring (bicyclic) bond motifs is 1. The van der Waals surface area contributed by atoms with E-state index in [2.05, 4.69) is 0 Å². The SMILES string of the molecule is O=C(OC1CO[C@H]2[C@@H]1OC[C@@H]2O)c1ccccc1O. The summed E-state index contributed by atoms with van der Waals surface area (Å²) in [6.45, 7) is 0.367. The standard InChI is InChI=1S/C13H14O6/c14-8-4-2-1-3-7(8)13(16)19-10-6-18-11-9(15)5-17-12(10)11/h1-4,9-12,14-15H,5-6H2/t9-,10?,11+,12+/m0/s1. The van der Waals surface area contributed by atoms with Crippen LogP contribution in [-0.2, 0) is 14.2 Å². The number of aliphatic hydroxyl groups is 1. The van der Waals surface area contributed by atoms with Gasteiger partial charge in [0.15, 0.2) is 6.10 Å². The summed E-state index contributed by atoms with van der Waals surface area (Å²) in [5, 5.41) is 19.2. The molecule has 2 aliphatic heterocycles. The first-order valence-corrected chi connectivity index (χ1v) is 6.07. The van der Waals surface area contributed by atoms with Gasteiger partial charge in [-0.3, -0.25) is 0 Å². The van der Waals surface area contributed by atoms with Crippen molar-refractivity contribution in [3.8, 4) is 5.75 Å². The Morgan fingerprint density at radius 3 is 2.74 bits per heavy atom. The molecule has 2 N–H and O–H groups in total. The normalized spacial score (nSPS) is 33.1. The van der Waals surface area contributed by atoms with Gasteiger partial charge >= 0.3 is 5.97 Å². The molecule has 6 nitrogen and oxygen atoms in total. The van der Waals surface area contributed by atoms with Gasteiger partial charge in [0.05, 0.1) is 13.2 Å². The first kappa shape index (κ1) is 12.4. The van der Waals surface area contributed by atoms with Crippen molar-refractivity contribution in [2.75, 3.05) is 13.2 Å². The van der Waals surface area contributed by atoms with Gasteiger partial charge in [-0.2, -0.15) is 0 Å². The summed E-state index contributed by atoms with van der Waals surface area (Å²) in [6, 6.07) is 6.16. The Morgan fingerprint density at radius 1 is 1.21 bits per heavy atom. The molecule has 2 aliphatic rings. The van der Waals surface area contributed by atoms with Crippen LogP contribution < -0.4 is 0 Å². The number of benzene rings is 1. The minimum absolute atomic E-state index is 0.101. The molecule has 0 bridgehead atoms. The number of esters is 1. The number of phenolic OH excluding ortho intramolecular Hbond substituents is 1. The van der Waals surface area contributed by atoms with Crippen LogP contribution in [0.2, 0.25) is 0 Å². The topological polar surface area (TPSA) is 85.2 Å². The molecule has 1 aromatic carbocycles. The van der Waals surface area contributed by atoms with Gasteiger partial charge in [0, 0.05) is 0 Å². The Bertz CT molecular complexity index is 488. The number of aromatic hydroxyl groups is 1. The summed E-state index contributed by atoms with van der Waals surface area (Å²) >= 11 is 0. The molecule has 0 spiro atoms. The first-order valence-electron chi connectivity index (χ1n) is 6.07. The number of carbonyl (C=O) groups excluding carboxylic acids is 1. The molecular formula is C13H14O6. The lowest BCUT2D eigenvalue weighted by molar-refractivity contribution is -0.0210. The molecule has 0 aromatic heterocycles. The van der Waals surface area contributed by atoms with Crippen molar-refractivity contribution in [3.63, 3.8) is 0 Å². The number of para-hydroxylation sites is 1. The predicted molar refractivity (Wildman–Crippen MR) is 62.8 cm³/mol. The second-order valence-electron chi connectivity index (χ2n) is 4.62. The van der Waals surface area contributed by atoms with Crippen LogP contribution in [0.5, 0.6) is 5.75 Å². The van der Waals surface area contributed by atoms with Gasteiger partial charge < -0.3 is 24.4 Å². The van der Waals surface area contributed by atoms with E-state index in [-0.39, 0.29) is 24.5 Å². The highest BCUT2D eigenvalue weighted by molar-refractivity contribution is 5.92. The Balaban J connectivity index is 1.69. The number of hydrogen-bond donors (Lipinski definition) is 2. The molecule has 1 unspecified atom stereocenters. The summed E-state index contributed by atoms with van der Waals surface area (Å²) in [7, 11) is 0. The van der Waals surface area contributed by atoms with Crippen LogP contribution in [0.3, 0.4) is 0 Å². The summed E-state index contributed by atoms with van der Waals surface area (Å²) in [6.07, 6.45) is -2.12. The van der Waals surface area contributed by atoms with Crippen molar-refractivity contribution in [1.29, 1.82) is 0 Å². The highest BCUT2D eigenvalue weighted by atomic mass is 16.6. The number of phenols is 1. The molecule has 0 aliphatic carbocycles. The van der Waals surface area contributed by atoms with Crippen LogP contribution in [0.1, 0.15) is 10.4 Å². The summed E-state index contributed by atoms with van der Waals surface area (Å²) in [4.78, 5) is 11.9. The van der Waals surface area contributed by atoms with Crippen molar-refractivity contribution >= 4 is 5.97 Å². The van der Waals surface area contributed by atoms with Crippen LogP contribution in [0.4, 0.5) is 0 Å². The molecule has 2 saturated heterocycles. The van der Waals surface area contributed by atoms with E-state index in [1.165, 1.54) is 12.1 Å². The lowest BCUT2D eigenvalue weighted by atomic mass is 10.1. The third-order valence-electron chi connectivity index (χ3n) is 3.36. The van der Waals surface area contributed by atoms with Gasteiger partial charge in [-0.1, -0.05) is 12.1 Å². The molecule has 0 saturated carbocycles. The second-order valence-corrected chi connectivity index (χ2v) is 4.62. The maximum absolute atomic E-state index is 11.9. The van der Waals surface area contributed by atoms with E-state index in [0.717, 1.165) is 0 Å². The average molecular weight is 266 g/mol. The van der Waals surface area contributed by atoms with Crippen molar-refractivity contribution in [2.24, 2.45) is 0 Å². The monoisotopic (exact) mass is 266 g/mol. The Hall–Kier alpha value is -1.63. The minimum Gasteiger partial charge on any atom is -0.507 e. The van der Waals surface area contributed by atoms with E-state index < -0.39 is 30.4 Å². The zero-order valence-electron chi connectivity index (χ0n) is 10.1. The van der Waals surface area contributed by atoms with Crippen molar-refractivity contribution in [3.05, 3.63) is 29.8 Å². The van der Waals surface area contributed by atoms with Crippen molar-refractivity contribution in [2.45, 2.75) is 24.4 Å². The maximum atomic E-state index is 11.9. The molecule has 0 radical (unpaired) electrons.